The van der Waals surface area contributed by atoms with Gasteiger partial charge in [0.05, 0.1) is 6.42 Å². The maximum Gasteiger partial charge on any atom is 0.321 e. The molecule has 0 unspecified atom stereocenters. The van der Waals surface area contributed by atoms with Gasteiger partial charge in [0.1, 0.15) is 6.04 Å². The van der Waals surface area contributed by atoms with E-state index in [0.29, 0.717) is 0 Å². The number of hydrogen-bond acceptors (Lipinski definition) is 3. The fourth-order valence-corrected chi connectivity index (χ4v) is 0.275. The Balaban J connectivity index is 0. The van der Waals surface area contributed by atoms with Gasteiger partial charge in [-0.05, 0) is 0 Å². The van der Waals surface area contributed by atoms with Gasteiger partial charge in [0.15, 0.2) is 0 Å². The molecule has 0 heterocycles. The summed E-state index contributed by atoms with van der Waals surface area (Å²) in [7, 11) is 0. The van der Waals surface area contributed by atoms with Crippen LogP contribution in [0.2, 0.25) is 0 Å². The summed E-state index contributed by atoms with van der Waals surface area (Å²) in [6, 6.07) is -1.29. The first-order valence-electron chi connectivity index (χ1n) is 2.24. The van der Waals surface area contributed by atoms with E-state index < -0.39 is 24.4 Å². The maximum atomic E-state index is 9.85. The number of rotatable bonds is 3. The Morgan fingerprint density at radius 2 is 1.80 bits per heavy atom. The van der Waals surface area contributed by atoms with Crippen LogP contribution in [-0.2, 0) is 30.7 Å². The minimum atomic E-state index is -1.29. The average molecular weight is 229 g/mol. The number of aliphatic carboxylic acids is 2. The van der Waals surface area contributed by atoms with Gasteiger partial charge in [-0.2, -0.15) is 0 Å². The summed E-state index contributed by atoms with van der Waals surface area (Å²) in [6.45, 7) is 0. The van der Waals surface area contributed by atoms with Crippen LogP contribution >= 0.6 is 0 Å². The standard InChI is InChI=1S/C4H7NO4.Mo/c5-2(4(8)9)1-3(6)7;/h2H,1,5H2,(H,6,7)(H,8,9);/t2-;/m0./s1. The van der Waals surface area contributed by atoms with Crippen LogP contribution < -0.4 is 5.73 Å². The van der Waals surface area contributed by atoms with Crippen LogP contribution in [0.1, 0.15) is 6.42 Å². The van der Waals surface area contributed by atoms with Crippen molar-refractivity contribution in [1.82, 2.24) is 0 Å². The topological polar surface area (TPSA) is 101 Å². The van der Waals surface area contributed by atoms with Crippen molar-refractivity contribution in [3.63, 3.8) is 0 Å². The van der Waals surface area contributed by atoms with Gasteiger partial charge in [0.25, 0.3) is 0 Å². The molecule has 10 heavy (non-hydrogen) atoms. The summed E-state index contributed by atoms with van der Waals surface area (Å²) < 4.78 is 0. The predicted molar refractivity (Wildman–Crippen MR) is 27.9 cm³/mol. The summed E-state index contributed by atoms with van der Waals surface area (Å²) in [5.41, 5.74) is 4.84. The summed E-state index contributed by atoms with van der Waals surface area (Å²) in [5, 5.41) is 16.0. The number of carboxylic acid groups (broad SMARTS) is 2. The first-order valence-corrected chi connectivity index (χ1v) is 2.24. The molecule has 0 spiro atoms. The molecule has 0 amide bonds. The zero-order valence-electron chi connectivity index (χ0n) is 4.98. The monoisotopic (exact) mass is 231 g/mol. The molecule has 0 saturated heterocycles. The van der Waals surface area contributed by atoms with Crippen molar-refractivity contribution in [3.05, 3.63) is 0 Å². The molecule has 0 aliphatic heterocycles. The predicted octanol–water partition coefficient (Wildman–Crippen LogP) is -1.13. The number of nitrogens with two attached hydrogens (primary N) is 1. The molecule has 0 fully saturated rings. The number of hydrogen-bond donors (Lipinski definition) is 3. The first-order chi connectivity index (χ1) is 4.04. The molecule has 0 aromatic carbocycles. The second kappa shape index (κ2) is 5.38. The Bertz CT molecular complexity index is 137. The van der Waals surface area contributed by atoms with E-state index in [-0.39, 0.29) is 21.1 Å². The van der Waals surface area contributed by atoms with E-state index in [0.717, 1.165) is 0 Å². The fraction of sp³-hybridized carbons (Fsp3) is 0.500. The molecule has 0 bridgehead atoms. The molecular formula is C4H7MoNO4. The van der Waals surface area contributed by atoms with Crippen molar-refractivity contribution in [2.45, 2.75) is 12.5 Å². The van der Waals surface area contributed by atoms with Crippen molar-refractivity contribution in [2.75, 3.05) is 0 Å². The van der Waals surface area contributed by atoms with Crippen LogP contribution in [0.3, 0.4) is 0 Å². The van der Waals surface area contributed by atoms with Crippen molar-refractivity contribution in [3.8, 4) is 0 Å². The second-order valence-corrected chi connectivity index (χ2v) is 1.54. The summed E-state index contributed by atoms with van der Waals surface area (Å²) in [5.74, 6) is -2.50. The van der Waals surface area contributed by atoms with Crippen LogP contribution in [-0.4, -0.2) is 28.2 Å². The van der Waals surface area contributed by atoms with Gasteiger partial charge in [-0.15, -0.1) is 0 Å². The van der Waals surface area contributed by atoms with E-state index in [1.807, 2.05) is 0 Å². The van der Waals surface area contributed by atoms with Gasteiger partial charge < -0.3 is 15.9 Å². The van der Waals surface area contributed by atoms with Crippen molar-refractivity contribution in [2.24, 2.45) is 5.73 Å². The van der Waals surface area contributed by atoms with Gasteiger partial charge in [0.2, 0.25) is 0 Å². The maximum absolute atomic E-state index is 9.85. The van der Waals surface area contributed by atoms with Crippen LogP contribution in [0, 0.1) is 0 Å². The SMILES string of the molecule is N[C@@H](CC(=O)O)C(=O)O.[Mo]. The van der Waals surface area contributed by atoms with E-state index in [9.17, 15) is 9.59 Å². The van der Waals surface area contributed by atoms with E-state index in [4.69, 9.17) is 15.9 Å². The Kier molecular flexibility index (Phi) is 6.61. The third-order valence-corrected chi connectivity index (χ3v) is 0.712. The van der Waals surface area contributed by atoms with Crippen molar-refractivity contribution >= 4 is 11.9 Å². The summed E-state index contributed by atoms with van der Waals surface area (Å²) in [4.78, 5) is 19.6. The Labute approximate surface area is 71.5 Å². The van der Waals surface area contributed by atoms with Crippen LogP contribution in [0.4, 0.5) is 0 Å². The molecule has 0 radical (unpaired) electrons. The smallest absolute Gasteiger partial charge is 0.321 e. The molecule has 5 nitrogen and oxygen atoms in total. The number of carboxylic acids is 2. The Hall–Kier alpha value is -0.412. The molecular weight excluding hydrogens is 222 g/mol. The molecule has 1 atom stereocenters. The normalized spacial score (nSPS) is 11.3. The average Bonchev–Trinajstić information content (AvgIpc) is 1.63. The number of carbonyl (C=O) groups is 2. The summed E-state index contributed by atoms with van der Waals surface area (Å²) >= 11 is 0. The largest absolute Gasteiger partial charge is 0.481 e. The first kappa shape index (κ1) is 12.3. The molecule has 0 rings (SSSR count). The molecule has 0 saturated carbocycles. The summed E-state index contributed by atoms with van der Waals surface area (Å²) in [6.07, 6.45) is -0.532. The van der Waals surface area contributed by atoms with Gasteiger partial charge in [0, 0.05) is 21.1 Å². The van der Waals surface area contributed by atoms with Gasteiger partial charge in [-0.1, -0.05) is 0 Å². The van der Waals surface area contributed by atoms with Gasteiger partial charge in [-0.3, -0.25) is 9.59 Å². The quantitative estimate of drug-likeness (QED) is 0.531. The van der Waals surface area contributed by atoms with E-state index in [1.165, 1.54) is 0 Å². The van der Waals surface area contributed by atoms with E-state index in [1.54, 1.807) is 0 Å². The molecule has 0 aliphatic rings. The zero-order chi connectivity index (χ0) is 7.44. The van der Waals surface area contributed by atoms with Gasteiger partial charge in [-0.25, -0.2) is 0 Å². The van der Waals surface area contributed by atoms with Crippen LogP contribution in [0.15, 0.2) is 0 Å². The third kappa shape index (κ3) is 5.72. The molecule has 0 aromatic rings. The van der Waals surface area contributed by atoms with Crippen LogP contribution in [0.5, 0.6) is 0 Å². The Morgan fingerprint density at radius 3 is 1.90 bits per heavy atom. The fourth-order valence-electron chi connectivity index (χ4n) is 0.275. The zero-order valence-corrected chi connectivity index (χ0v) is 6.99. The molecule has 58 valence electrons. The van der Waals surface area contributed by atoms with E-state index >= 15 is 0 Å². The van der Waals surface area contributed by atoms with Gasteiger partial charge >= 0.3 is 11.9 Å². The third-order valence-electron chi connectivity index (χ3n) is 0.712. The molecule has 0 aromatic heterocycles. The molecule has 0 aliphatic carbocycles. The van der Waals surface area contributed by atoms with Crippen molar-refractivity contribution < 1.29 is 40.9 Å². The minimum absolute atomic E-state index is 0. The molecule has 6 heteroatoms. The van der Waals surface area contributed by atoms with Crippen molar-refractivity contribution in [1.29, 1.82) is 0 Å². The minimum Gasteiger partial charge on any atom is -0.481 e. The van der Waals surface area contributed by atoms with E-state index in [2.05, 4.69) is 0 Å². The Morgan fingerprint density at radius 1 is 1.40 bits per heavy atom. The van der Waals surface area contributed by atoms with Crippen LogP contribution in [0.25, 0.3) is 0 Å². The second-order valence-electron chi connectivity index (χ2n) is 1.54. The molecule has 4 N–H and O–H groups in total.